The van der Waals surface area contributed by atoms with Gasteiger partial charge in [-0.2, -0.15) is 0 Å². The summed E-state index contributed by atoms with van der Waals surface area (Å²) >= 11 is 0. The molecule has 0 radical (unpaired) electrons. The van der Waals surface area contributed by atoms with Crippen molar-refractivity contribution < 1.29 is 24.3 Å². The molecular formula is C24H36N4O5. The highest BCUT2D eigenvalue weighted by Gasteiger charge is 2.40. The monoisotopic (exact) mass is 460 g/mol. The van der Waals surface area contributed by atoms with Gasteiger partial charge in [-0.15, -0.1) is 0 Å². The lowest BCUT2D eigenvalue weighted by Crippen LogP contribution is -2.60. The number of benzene rings is 1. The highest BCUT2D eigenvalue weighted by Crippen LogP contribution is 2.34. The number of amides is 4. The second kappa shape index (κ2) is 11.2. The van der Waals surface area contributed by atoms with Crippen LogP contribution in [-0.2, 0) is 14.4 Å². The molecule has 0 bridgehead atoms. The number of carboxylic acids is 1. The summed E-state index contributed by atoms with van der Waals surface area (Å²) in [5.41, 5.74) is 1.06. The van der Waals surface area contributed by atoms with Gasteiger partial charge in [-0.05, 0) is 42.7 Å². The number of aliphatic carboxylic acids is 1. The Hall–Kier alpha value is -3.10. The third kappa shape index (κ3) is 6.69. The normalized spacial score (nSPS) is 17.4. The number of hydrogen-bond donors (Lipinski definition) is 4. The maximum atomic E-state index is 13.5. The quantitative estimate of drug-likeness (QED) is 0.450. The van der Waals surface area contributed by atoms with Crippen molar-refractivity contribution in [1.29, 1.82) is 0 Å². The van der Waals surface area contributed by atoms with E-state index in [4.69, 9.17) is 0 Å². The van der Waals surface area contributed by atoms with Gasteiger partial charge < -0.3 is 21.1 Å². The van der Waals surface area contributed by atoms with Crippen molar-refractivity contribution in [2.24, 2.45) is 17.8 Å². The first-order valence-corrected chi connectivity index (χ1v) is 11.4. The van der Waals surface area contributed by atoms with Crippen molar-refractivity contribution in [3.8, 4) is 0 Å². The van der Waals surface area contributed by atoms with Gasteiger partial charge in [0.1, 0.15) is 18.1 Å². The maximum absolute atomic E-state index is 13.5. The van der Waals surface area contributed by atoms with Gasteiger partial charge in [-0.25, -0.2) is 9.59 Å². The lowest BCUT2D eigenvalue weighted by atomic mass is 9.97. The molecule has 33 heavy (non-hydrogen) atoms. The summed E-state index contributed by atoms with van der Waals surface area (Å²) in [7, 11) is 0. The predicted octanol–water partition coefficient (Wildman–Crippen LogP) is 3.21. The fourth-order valence-electron chi connectivity index (χ4n) is 3.99. The maximum Gasteiger partial charge on any atom is 0.326 e. The molecule has 1 aromatic rings. The third-order valence-corrected chi connectivity index (χ3v) is 5.46. The van der Waals surface area contributed by atoms with Gasteiger partial charge >= 0.3 is 12.0 Å². The van der Waals surface area contributed by atoms with Crippen LogP contribution in [0.5, 0.6) is 0 Å². The number of rotatable bonds is 9. The van der Waals surface area contributed by atoms with Gasteiger partial charge in [0.15, 0.2) is 0 Å². The van der Waals surface area contributed by atoms with Crippen molar-refractivity contribution in [1.82, 2.24) is 10.6 Å². The molecule has 1 heterocycles. The fraction of sp³-hybridized carbons (Fsp3) is 0.583. The van der Waals surface area contributed by atoms with Gasteiger partial charge in [0.2, 0.25) is 11.8 Å². The molecule has 0 fully saturated rings. The number of carbonyl (C=O) groups is 4. The standard InChI is InChI=1S/C24H36N4O5/c1-13(2)11-17(21(29)26-18(23(31)32)12-14(3)4)27-24(33)28-19-10-8-7-9-16(19)25-22(30)20(28)15(5)6/h7-10,13-15,17-18,20H,11-12H2,1-6H3,(H,25,30)(H,26,29)(H,27,33)(H,31,32). The molecule has 1 aromatic carbocycles. The van der Waals surface area contributed by atoms with Gasteiger partial charge in [-0.1, -0.05) is 53.7 Å². The Bertz CT molecular complexity index is 883. The Morgan fingerprint density at radius 3 is 2.09 bits per heavy atom. The zero-order chi connectivity index (χ0) is 24.9. The molecule has 182 valence electrons. The number of fused-ring (bicyclic) bond motifs is 1. The van der Waals surface area contributed by atoms with E-state index in [1.165, 1.54) is 4.90 Å². The fourth-order valence-corrected chi connectivity index (χ4v) is 3.99. The molecule has 4 amide bonds. The van der Waals surface area contributed by atoms with Crippen molar-refractivity contribution in [2.75, 3.05) is 10.2 Å². The van der Waals surface area contributed by atoms with Gasteiger partial charge in [0.25, 0.3) is 0 Å². The van der Waals surface area contributed by atoms with Crippen LogP contribution < -0.4 is 20.9 Å². The number of nitrogens with one attached hydrogen (secondary N) is 3. The molecule has 0 aromatic heterocycles. The first-order valence-electron chi connectivity index (χ1n) is 11.4. The molecule has 1 aliphatic rings. The molecule has 3 atom stereocenters. The van der Waals surface area contributed by atoms with Crippen LogP contribution in [0.2, 0.25) is 0 Å². The predicted molar refractivity (Wildman–Crippen MR) is 127 cm³/mol. The zero-order valence-electron chi connectivity index (χ0n) is 20.2. The van der Waals surface area contributed by atoms with Crippen molar-refractivity contribution in [2.45, 2.75) is 72.5 Å². The number of para-hydroxylation sites is 2. The molecule has 0 saturated carbocycles. The Morgan fingerprint density at radius 2 is 1.55 bits per heavy atom. The van der Waals surface area contributed by atoms with E-state index in [2.05, 4.69) is 16.0 Å². The molecule has 2 rings (SSSR count). The average Bonchev–Trinajstić information content (AvgIpc) is 2.70. The minimum absolute atomic E-state index is 0.0623. The van der Waals surface area contributed by atoms with E-state index >= 15 is 0 Å². The van der Waals surface area contributed by atoms with E-state index in [-0.39, 0.29) is 30.1 Å². The van der Waals surface area contributed by atoms with E-state index in [0.717, 1.165) is 0 Å². The minimum Gasteiger partial charge on any atom is -0.480 e. The second-order valence-corrected chi connectivity index (χ2v) is 9.73. The van der Waals surface area contributed by atoms with Gasteiger partial charge in [-0.3, -0.25) is 14.5 Å². The van der Waals surface area contributed by atoms with Crippen LogP contribution in [0, 0.1) is 17.8 Å². The lowest BCUT2D eigenvalue weighted by Gasteiger charge is -2.39. The van der Waals surface area contributed by atoms with E-state index in [1.807, 2.05) is 41.5 Å². The topological polar surface area (TPSA) is 128 Å². The van der Waals surface area contributed by atoms with Gasteiger partial charge in [0, 0.05) is 0 Å². The SMILES string of the molecule is CC(C)CC(NC(=O)C(CC(C)C)NC(=O)N1c2ccccc2NC(=O)C1C(C)C)C(=O)O. The number of nitrogens with zero attached hydrogens (tertiary/aromatic N) is 1. The van der Waals surface area contributed by atoms with E-state index in [9.17, 15) is 24.3 Å². The summed E-state index contributed by atoms with van der Waals surface area (Å²) in [5.74, 6) is -2.02. The summed E-state index contributed by atoms with van der Waals surface area (Å²) < 4.78 is 0. The molecular weight excluding hydrogens is 424 g/mol. The lowest BCUT2D eigenvalue weighted by molar-refractivity contribution is -0.142. The molecule has 1 aliphatic heterocycles. The third-order valence-electron chi connectivity index (χ3n) is 5.46. The van der Waals surface area contributed by atoms with Gasteiger partial charge in [0.05, 0.1) is 11.4 Å². The number of carboxylic acid groups (broad SMARTS) is 1. The van der Waals surface area contributed by atoms with Crippen molar-refractivity contribution >= 4 is 35.2 Å². The molecule has 3 unspecified atom stereocenters. The first kappa shape index (κ1) is 26.2. The van der Waals surface area contributed by atoms with Crippen molar-refractivity contribution in [3.63, 3.8) is 0 Å². The Kier molecular flexibility index (Phi) is 8.84. The smallest absolute Gasteiger partial charge is 0.326 e. The molecule has 0 aliphatic carbocycles. The number of carbonyl (C=O) groups excluding carboxylic acids is 3. The molecule has 0 saturated heterocycles. The van der Waals surface area contributed by atoms with E-state index in [0.29, 0.717) is 17.8 Å². The van der Waals surface area contributed by atoms with Crippen LogP contribution in [0.1, 0.15) is 54.4 Å². The summed E-state index contributed by atoms with van der Waals surface area (Å²) in [6, 6.07) is 3.67. The minimum atomic E-state index is -1.12. The Labute approximate surface area is 195 Å². The number of urea groups is 1. The second-order valence-electron chi connectivity index (χ2n) is 9.73. The Balaban J connectivity index is 2.32. The van der Waals surface area contributed by atoms with E-state index in [1.54, 1.807) is 24.3 Å². The number of anilines is 2. The molecule has 9 heteroatoms. The zero-order valence-corrected chi connectivity index (χ0v) is 20.2. The Morgan fingerprint density at radius 1 is 0.970 bits per heavy atom. The van der Waals surface area contributed by atoms with Crippen LogP contribution in [0.3, 0.4) is 0 Å². The highest BCUT2D eigenvalue weighted by atomic mass is 16.4. The van der Waals surface area contributed by atoms with Crippen LogP contribution in [0.4, 0.5) is 16.2 Å². The molecule has 0 spiro atoms. The highest BCUT2D eigenvalue weighted by molar-refractivity contribution is 6.12. The summed E-state index contributed by atoms with van der Waals surface area (Å²) in [6.07, 6.45) is 0.595. The largest absolute Gasteiger partial charge is 0.480 e. The molecule has 4 N–H and O–H groups in total. The summed E-state index contributed by atoms with van der Waals surface area (Å²) in [4.78, 5) is 52.3. The van der Waals surface area contributed by atoms with Crippen LogP contribution in [0.25, 0.3) is 0 Å². The van der Waals surface area contributed by atoms with Crippen LogP contribution in [-0.4, -0.2) is 47.0 Å². The van der Waals surface area contributed by atoms with Crippen LogP contribution in [0.15, 0.2) is 24.3 Å². The van der Waals surface area contributed by atoms with Crippen LogP contribution >= 0.6 is 0 Å². The summed E-state index contributed by atoms with van der Waals surface area (Å²) in [6.45, 7) is 11.3. The average molecular weight is 461 g/mol. The first-order chi connectivity index (χ1) is 15.4. The van der Waals surface area contributed by atoms with Crippen molar-refractivity contribution in [3.05, 3.63) is 24.3 Å². The number of hydrogen-bond acceptors (Lipinski definition) is 4. The summed E-state index contributed by atoms with van der Waals surface area (Å²) in [5, 5.41) is 17.7. The molecule has 9 nitrogen and oxygen atoms in total. The van der Waals surface area contributed by atoms with E-state index < -0.39 is 36.0 Å².